The zero-order valence-corrected chi connectivity index (χ0v) is 9.71. The monoisotopic (exact) mass is 206 g/mol. The van der Waals surface area contributed by atoms with E-state index >= 15 is 0 Å². The summed E-state index contributed by atoms with van der Waals surface area (Å²) in [6.45, 7) is 4.23. The van der Waals surface area contributed by atoms with Crippen molar-refractivity contribution in [3.05, 3.63) is 0 Å². The quantitative estimate of drug-likeness (QED) is 0.703. The van der Waals surface area contributed by atoms with Crippen LogP contribution >= 0.6 is 0 Å². The highest BCUT2D eigenvalue weighted by Crippen LogP contribution is 2.29. The third-order valence-corrected chi connectivity index (χ3v) is 3.77. The van der Waals surface area contributed by atoms with E-state index in [0.717, 1.165) is 31.2 Å². The van der Waals surface area contributed by atoms with Crippen molar-refractivity contribution in [1.29, 1.82) is 0 Å². The molecule has 2 saturated heterocycles. The van der Waals surface area contributed by atoms with E-state index in [2.05, 4.69) is 23.1 Å². The first-order valence-corrected chi connectivity index (χ1v) is 6.27. The number of fused-ring (bicyclic) bond motifs is 2. The predicted molar refractivity (Wildman–Crippen MR) is 63.7 cm³/mol. The van der Waals surface area contributed by atoms with Gasteiger partial charge in [0.05, 0.1) is 6.54 Å². The molecule has 0 radical (unpaired) electrons. The smallest absolute Gasteiger partial charge is 0.0601 e. The summed E-state index contributed by atoms with van der Waals surface area (Å²) in [5.41, 5.74) is 0. The Morgan fingerprint density at radius 1 is 1.33 bits per heavy atom. The Bertz CT molecular complexity index is 231. The van der Waals surface area contributed by atoms with Gasteiger partial charge in [-0.25, -0.2) is 0 Å². The molecule has 15 heavy (non-hydrogen) atoms. The zero-order chi connectivity index (χ0) is 10.7. The summed E-state index contributed by atoms with van der Waals surface area (Å²) in [6.07, 6.45) is 12.0. The SMILES string of the molecule is C#CCN(CCC)C1CC2CCC(C1)N2. The third-order valence-electron chi connectivity index (χ3n) is 3.77. The second kappa shape index (κ2) is 5.01. The average molecular weight is 206 g/mol. The van der Waals surface area contributed by atoms with E-state index in [9.17, 15) is 0 Å². The Labute approximate surface area is 93.4 Å². The molecule has 0 amide bonds. The van der Waals surface area contributed by atoms with Gasteiger partial charge in [0.25, 0.3) is 0 Å². The maximum absolute atomic E-state index is 5.44. The molecule has 0 saturated carbocycles. The molecule has 0 aromatic heterocycles. The van der Waals surface area contributed by atoms with E-state index in [-0.39, 0.29) is 0 Å². The Kier molecular flexibility index (Phi) is 3.66. The number of piperidine rings is 1. The summed E-state index contributed by atoms with van der Waals surface area (Å²) in [7, 11) is 0. The topological polar surface area (TPSA) is 15.3 Å². The molecule has 2 bridgehead atoms. The minimum absolute atomic E-state index is 0.736. The maximum Gasteiger partial charge on any atom is 0.0601 e. The fourth-order valence-electron chi connectivity index (χ4n) is 3.12. The van der Waals surface area contributed by atoms with Crippen molar-refractivity contribution in [2.24, 2.45) is 0 Å². The number of nitrogens with zero attached hydrogens (tertiary/aromatic N) is 1. The normalized spacial score (nSPS) is 34.3. The molecule has 2 heteroatoms. The Morgan fingerprint density at radius 2 is 2.00 bits per heavy atom. The first-order chi connectivity index (χ1) is 7.33. The highest BCUT2D eigenvalue weighted by atomic mass is 15.2. The Balaban J connectivity index is 1.93. The van der Waals surface area contributed by atoms with Gasteiger partial charge in [-0.3, -0.25) is 4.90 Å². The van der Waals surface area contributed by atoms with Crippen LogP contribution in [0.15, 0.2) is 0 Å². The van der Waals surface area contributed by atoms with E-state index in [1.807, 2.05) is 0 Å². The zero-order valence-electron chi connectivity index (χ0n) is 9.71. The summed E-state index contributed by atoms with van der Waals surface area (Å²) in [5.74, 6) is 2.81. The molecule has 0 aromatic carbocycles. The van der Waals surface area contributed by atoms with Crippen LogP contribution in [0, 0.1) is 12.3 Å². The van der Waals surface area contributed by atoms with Crippen LogP contribution in [0.3, 0.4) is 0 Å². The summed E-state index contributed by atoms with van der Waals surface area (Å²) in [5, 5.41) is 3.68. The standard InChI is InChI=1S/C13H22N2/c1-3-7-15(8-4-2)13-9-11-5-6-12(10-13)14-11/h1,11-14H,4-10H2,2H3. The number of hydrogen-bond donors (Lipinski definition) is 1. The van der Waals surface area contributed by atoms with Crippen LogP contribution in [0.1, 0.15) is 39.0 Å². The van der Waals surface area contributed by atoms with Crippen LogP contribution in [0.2, 0.25) is 0 Å². The van der Waals surface area contributed by atoms with Crippen LogP contribution in [-0.2, 0) is 0 Å². The van der Waals surface area contributed by atoms with Gasteiger partial charge in [0, 0.05) is 18.1 Å². The third kappa shape index (κ3) is 2.53. The minimum atomic E-state index is 0.736. The van der Waals surface area contributed by atoms with Gasteiger partial charge in [-0.1, -0.05) is 12.8 Å². The number of rotatable bonds is 4. The van der Waals surface area contributed by atoms with E-state index in [0.29, 0.717) is 0 Å². The van der Waals surface area contributed by atoms with Crippen LogP contribution in [0.5, 0.6) is 0 Å². The molecule has 2 atom stereocenters. The van der Waals surface area contributed by atoms with E-state index in [1.54, 1.807) is 0 Å². The Morgan fingerprint density at radius 3 is 2.53 bits per heavy atom. The molecule has 84 valence electrons. The first kappa shape index (κ1) is 11.0. The van der Waals surface area contributed by atoms with E-state index in [4.69, 9.17) is 6.42 Å². The molecule has 0 spiro atoms. The van der Waals surface area contributed by atoms with Crippen LogP contribution in [0.4, 0.5) is 0 Å². The van der Waals surface area contributed by atoms with Crippen molar-refractivity contribution in [1.82, 2.24) is 10.2 Å². The molecular weight excluding hydrogens is 184 g/mol. The van der Waals surface area contributed by atoms with Gasteiger partial charge in [-0.05, 0) is 38.6 Å². The van der Waals surface area contributed by atoms with Gasteiger partial charge >= 0.3 is 0 Å². The Hall–Kier alpha value is -0.520. The molecule has 0 aromatic rings. The fourth-order valence-corrected chi connectivity index (χ4v) is 3.12. The fraction of sp³-hybridized carbons (Fsp3) is 0.846. The maximum atomic E-state index is 5.44. The van der Waals surface area contributed by atoms with Gasteiger partial charge in [-0.2, -0.15) is 0 Å². The van der Waals surface area contributed by atoms with Gasteiger partial charge < -0.3 is 5.32 Å². The van der Waals surface area contributed by atoms with Crippen LogP contribution in [-0.4, -0.2) is 36.1 Å². The summed E-state index contributed by atoms with van der Waals surface area (Å²) in [6, 6.07) is 2.27. The molecular formula is C13H22N2. The van der Waals surface area contributed by atoms with Crippen LogP contribution < -0.4 is 5.32 Å². The lowest BCUT2D eigenvalue weighted by molar-refractivity contribution is 0.158. The molecule has 2 rings (SSSR count). The lowest BCUT2D eigenvalue weighted by atomic mass is 9.98. The molecule has 2 fully saturated rings. The second-order valence-corrected chi connectivity index (χ2v) is 4.94. The largest absolute Gasteiger partial charge is 0.311 e. The molecule has 0 aliphatic carbocycles. The van der Waals surface area contributed by atoms with Crippen molar-refractivity contribution in [2.75, 3.05) is 13.1 Å². The summed E-state index contributed by atoms with van der Waals surface area (Å²) >= 11 is 0. The highest BCUT2D eigenvalue weighted by Gasteiger charge is 2.35. The second-order valence-electron chi connectivity index (χ2n) is 4.94. The molecule has 2 aliphatic rings. The minimum Gasteiger partial charge on any atom is -0.311 e. The lowest BCUT2D eigenvalue weighted by Crippen LogP contribution is -2.48. The van der Waals surface area contributed by atoms with Crippen molar-refractivity contribution in [3.8, 4) is 12.3 Å². The molecule has 2 nitrogen and oxygen atoms in total. The predicted octanol–water partition coefficient (Wildman–Crippen LogP) is 1.61. The molecule has 2 heterocycles. The van der Waals surface area contributed by atoms with Crippen LogP contribution in [0.25, 0.3) is 0 Å². The summed E-state index contributed by atoms with van der Waals surface area (Å²) in [4.78, 5) is 2.51. The highest BCUT2D eigenvalue weighted by molar-refractivity contribution is 4.98. The van der Waals surface area contributed by atoms with E-state index in [1.165, 1.54) is 32.1 Å². The van der Waals surface area contributed by atoms with Crippen molar-refractivity contribution in [2.45, 2.75) is 57.2 Å². The number of hydrogen-bond acceptors (Lipinski definition) is 2. The first-order valence-electron chi connectivity index (χ1n) is 6.27. The molecule has 2 unspecified atom stereocenters. The van der Waals surface area contributed by atoms with Crippen molar-refractivity contribution < 1.29 is 0 Å². The van der Waals surface area contributed by atoms with Crippen molar-refractivity contribution in [3.63, 3.8) is 0 Å². The van der Waals surface area contributed by atoms with Gasteiger partial charge in [-0.15, -0.1) is 6.42 Å². The summed E-state index contributed by atoms with van der Waals surface area (Å²) < 4.78 is 0. The van der Waals surface area contributed by atoms with Gasteiger partial charge in [0.1, 0.15) is 0 Å². The molecule has 2 aliphatic heterocycles. The van der Waals surface area contributed by atoms with Crippen molar-refractivity contribution >= 4 is 0 Å². The van der Waals surface area contributed by atoms with Gasteiger partial charge in [0.15, 0.2) is 0 Å². The number of terminal acetylenes is 1. The number of nitrogens with one attached hydrogen (secondary N) is 1. The van der Waals surface area contributed by atoms with E-state index < -0.39 is 0 Å². The molecule has 1 N–H and O–H groups in total. The average Bonchev–Trinajstić information content (AvgIpc) is 2.57. The van der Waals surface area contributed by atoms with Gasteiger partial charge in [0.2, 0.25) is 0 Å². The lowest BCUT2D eigenvalue weighted by Gasteiger charge is -2.36.